The molecule has 3 rings (SSSR count). The SMILES string of the molecule is Cc1noc(C)c1COc1cccc(C(=O)N(C)CC(=O)Nc2ccc(F)cc2)c1. The van der Waals surface area contributed by atoms with Crippen molar-refractivity contribution in [1.29, 1.82) is 0 Å². The zero-order valence-corrected chi connectivity index (χ0v) is 16.9. The van der Waals surface area contributed by atoms with Gasteiger partial charge in [0.1, 0.15) is 23.9 Å². The molecule has 0 atom stereocenters. The first-order chi connectivity index (χ1) is 14.3. The molecule has 30 heavy (non-hydrogen) atoms. The van der Waals surface area contributed by atoms with Gasteiger partial charge in [-0.3, -0.25) is 9.59 Å². The van der Waals surface area contributed by atoms with E-state index in [1.54, 1.807) is 24.3 Å². The number of ether oxygens (including phenoxy) is 1. The number of aromatic nitrogens is 1. The topological polar surface area (TPSA) is 84.7 Å². The molecule has 7 nitrogen and oxygen atoms in total. The second-order valence-corrected chi connectivity index (χ2v) is 6.84. The Labute approximate surface area is 173 Å². The van der Waals surface area contributed by atoms with Crippen LogP contribution in [-0.2, 0) is 11.4 Å². The molecular formula is C22H22FN3O4. The summed E-state index contributed by atoms with van der Waals surface area (Å²) in [7, 11) is 1.53. The Kier molecular flexibility index (Phi) is 6.46. The fourth-order valence-electron chi connectivity index (χ4n) is 2.82. The van der Waals surface area contributed by atoms with Crippen molar-refractivity contribution >= 4 is 17.5 Å². The van der Waals surface area contributed by atoms with Crippen LogP contribution in [0.2, 0.25) is 0 Å². The van der Waals surface area contributed by atoms with Crippen LogP contribution < -0.4 is 10.1 Å². The molecule has 1 aromatic heterocycles. The van der Waals surface area contributed by atoms with Crippen molar-refractivity contribution in [2.75, 3.05) is 18.9 Å². The van der Waals surface area contributed by atoms with Gasteiger partial charge in [-0.15, -0.1) is 0 Å². The standard InChI is InChI=1S/C22H22FN3O4/c1-14-20(15(2)30-25-14)13-29-19-6-4-5-16(11-19)22(28)26(3)12-21(27)24-18-9-7-17(23)8-10-18/h4-11H,12-13H2,1-3H3,(H,24,27). The maximum absolute atomic E-state index is 13.0. The van der Waals surface area contributed by atoms with Gasteiger partial charge in [0.05, 0.1) is 17.8 Å². The molecule has 0 saturated heterocycles. The summed E-state index contributed by atoms with van der Waals surface area (Å²) in [5.74, 6) is 0.101. The van der Waals surface area contributed by atoms with Crippen molar-refractivity contribution in [2.24, 2.45) is 0 Å². The maximum atomic E-state index is 13.0. The van der Waals surface area contributed by atoms with E-state index in [1.165, 1.54) is 36.2 Å². The minimum absolute atomic E-state index is 0.152. The van der Waals surface area contributed by atoms with Gasteiger partial charge < -0.3 is 19.5 Å². The van der Waals surface area contributed by atoms with Gasteiger partial charge in [-0.25, -0.2) is 4.39 Å². The van der Waals surface area contributed by atoms with E-state index in [2.05, 4.69) is 10.5 Å². The Morgan fingerprint density at radius 3 is 2.57 bits per heavy atom. The molecule has 0 aliphatic carbocycles. The molecule has 0 saturated carbocycles. The summed E-state index contributed by atoms with van der Waals surface area (Å²) in [5.41, 5.74) is 2.47. The van der Waals surface area contributed by atoms with Gasteiger partial charge in [0, 0.05) is 18.3 Å². The third-order valence-corrected chi connectivity index (χ3v) is 4.50. The third-order valence-electron chi connectivity index (χ3n) is 4.50. The molecular weight excluding hydrogens is 389 g/mol. The Hall–Kier alpha value is -3.68. The van der Waals surface area contributed by atoms with E-state index in [9.17, 15) is 14.0 Å². The number of rotatable bonds is 7. The van der Waals surface area contributed by atoms with Gasteiger partial charge in [-0.1, -0.05) is 11.2 Å². The Morgan fingerprint density at radius 1 is 1.17 bits per heavy atom. The number of halogens is 1. The van der Waals surface area contributed by atoms with Crippen molar-refractivity contribution in [3.8, 4) is 5.75 Å². The first kappa shape index (κ1) is 21.0. The number of carbonyl (C=O) groups is 2. The summed E-state index contributed by atoms with van der Waals surface area (Å²) in [6.45, 7) is 3.76. The van der Waals surface area contributed by atoms with Gasteiger partial charge >= 0.3 is 0 Å². The van der Waals surface area contributed by atoms with E-state index >= 15 is 0 Å². The molecule has 3 aromatic rings. The highest BCUT2D eigenvalue weighted by Crippen LogP contribution is 2.19. The number of likely N-dealkylation sites (N-methyl/N-ethyl adjacent to an activating group) is 1. The van der Waals surface area contributed by atoms with E-state index in [0.29, 0.717) is 22.8 Å². The number of anilines is 1. The highest BCUT2D eigenvalue weighted by atomic mass is 19.1. The van der Waals surface area contributed by atoms with Crippen LogP contribution in [-0.4, -0.2) is 35.5 Å². The molecule has 0 bridgehead atoms. The zero-order valence-electron chi connectivity index (χ0n) is 16.9. The van der Waals surface area contributed by atoms with Crippen molar-refractivity contribution in [3.63, 3.8) is 0 Å². The largest absolute Gasteiger partial charge is 0.489 e. The number of hydrogen-bond acceptors (Lipinski definition) is 5. The van der Waals surface area contributed by atoms with Gasteiger partial charge in [-0.05, 0) is 56.3 Å². The quantitative estimate of drug-likeness (QED) is 0.641. The molecule has 0 aliphatic rings. The molecule has 156 valence electrons. The van der Waals surface area contributed by atoms with Crippen LogP contribution in [0.5, 0.6) is 5.75 Å². The molecule has 2 aromatic carbocycles. The first-order valence-electron chi connectivity index (χ1n) is 9.29. The van der Waals surface area contributed by atoms with E-state index in [1.807, 2.05) is 13.8 Å². The van der Waals surface area contributed by atoms with Crippen LogP contribution >= 0.6 is 0 Å². The fourth-order valence-corrected chi connectivity index (χ4v) is 2.82. The van der Waals surface area contributed by atoms with Gasteiger partial charge in [0.25, 0.3) is 5.91 Å². The van der Waals surface area contributed by atoms with Crippen LogP contribution in [0.15, 0.2) is 53.1 Å². The van der Waals surface area contributed by atoms with E-state index < -0.39 is 5.82 Å². The van der Waals surface area contributed by atoms with E-state index in [4.69, 9.17) is 9.26 Å². The summed E-state index contributed by atoms with van der Waals surface area (Å²) >= 11 is 0. The average molecular weight is 411 g/mol. The van der Waals surface area contributed by atoms with Gasteiger partial charge in [0.2, 0.25) is 5.91 Å². The minimum Gasteiger partial charge on any atom is -0.489 e. The fraction of sp³-hybridized carbons (Fsp3) is 0.227. The van der Waals surface area contributed by atoms with Crippen molar-refractivity contribution in [3.05, 3.63) is 76.9 Å². The lowest BCUT2D eigenvalue weighted by Gasteiger charge is -2.17. The normalized spacial score (nSPS) is 10.5. The summed E-state index contributed by atoms with van der Waals surface area (Å²) in [4.78, 5) is 26.2. The number of hydrogen-bond donors (Lipinski definition) is 1. The highest BCUT2D eigenvalue weighted by Gasteiger charge is 2.16. The molecule has 0 radical (unpaired) electrons. The van der Waals surface area contributed by atoms with Crippen LogP contribution in [0, 0.1) is 19.7 Å². The summed E-state index contributed by atoms with van der Waals surface area (Å²) in [6.07, 6.45) is 0. The zero-order chi connectivity index (χ0) is 21.7. The molecule has 0 unspecified atom stereocenters. The van der Waals surface area contributed by atoms with Crippen molar-refractivity contribution in [1.82, 2.24) is 10.1 Å². The molecule has 0 fully saturated rings. The van der Waals surface area contributed by atoms with Crippen molar-refractivity contribution in [2.45, 2.75) is 20.5 Å². The average Bonchev–Trinajstić information content (AvgIpc) is 3.05. The molecule has 2 amide bonds. The summed E-state index contributed by atoms with van der Waals surface area (Å²) < 4.78 is 23.8. The number of aryl methyl sites for hydroxylation is 2. The lowest BCUT2D eigenvalue weighted by molar-refractivity contribution is -0.116. The van der Waals surface area contributed by atoms with Crippen LogP contribution in [0.1, 0.15) is 27.4 Å². The molecule has 0 aliphatic heterocycles. The number of nitrogens with zero attached hydrogens (tertiary/aromatic N) is 2. The molecule has 1 N–H and O–H groups in total. The van der Waals surface area contributed by atoms with Crippen molar-refractivity contribution < 1.29 is 23.2 Å². The molecule has 1 heterocycles. The van der Waals surface area contributed by atoms with E-state index in [0.717, 1.165) is 11.3 Å². The second-order valence-electron chi connectivity index (χ2n) is 6.84. The number of amides is 2. The monoisotopic (exact) mass is 411 g/mol. The molecule has 8 heteroatoms. The minimum atomic E-state index is -0.392. The summed E-state index contributed by atoms with van der Waals surface area (Å²) in [6, 6.07) is 12.1. The Balaban J connectivity index is 1.59. The summed E-state index contributed by atoms with van der Waals surface area (Å²) in [5, 5.41) is 6.51. The number of nitrogens with one attached hydrogen (secondary N) is 1. The first-order valence-corrected chi connectivity index (χ1v) is 9.29. The Morgan fingerprint density at radius 2 is 1.90 bits per heavy atom. The lowest BCUT2D eigenvalue weighted by Crippen LogP contribution is -2.34. The number of benzene rings is 2. The predicted octanol–water partition coefficient (Wildman–Crippen LogP) is 3.72. The van der Waals surface area contributed by atoms with Crippen LogP contribution in [0.4, 0.5) is 10.1 Å². The third kappa shape index (κ3) is 5.22. The second kappa shape index (κ2) is 9.21. The predicted molar refractivity (Wildman–Crippen MR) is 109 cm³/mol. The van der Waals surface area contributed by atoms with Gasteiger partial charge in [-0.2, -0.15) is 0 Å². The van der Waals surface area contributed by atoms with Crippen LogP contribution in [0.3, 0.4) is 0 Å². The lowest BCUT2D eigenvalue weighted by atomic mass is 10.2. The molecule has 0 spiro atoms. The number of carbonyl (C=O) groups excluding carboxylic acids is 2. The maximum Gasteiger partial charge on any atom is 0.254 e. The smallest absolute Gasteiger partial charge is 0.254 e. The van der Waals surface area contributed by atoms with E-state index in [-0.39, 0.29) is 25.0 Å². The highest BCUT2D eigenvalue weighted by molar-refractivity contribution is 5.99. The van der Waals surface area contributed by atoms with Gasteiger partial charge in [0.15, 0.2) is 0 Å². The Bertz CT molecular complexity index is 1030. The van der Waals surface area contributed by atoms with Crippen LogP contribution in [0.25, 0.3) is 0 Å².